The first kappa shape index (κ1) is 13.8. The molecule has 3 nitrogen and oxygen atoms in total. The molecule has 0 amide bonds. The molecule has 1 N–H and O–H groups in total. The van der Waals surface area contributed by atoms with E-state index in [1.807, 2.05) is 24.3 Å². The van der Waals surface area contributed by atoms with Crippen molar-refractivity contribution in [3.8, 4) is 0 Å². The molecule has 2 aromatic carbocycles. The van der Waals surface area contributed by atoms with E-state index in [9.17, 15) is 4.39 Å². The van der Waals surface area contributed by atoms with E-state index >= 15 is 0 Å². The Hall–Kier alpha value is -2.20. The zero-order valence-electron chi connectivity index (χ0n) is 11.7. The van der Waals surface area contributed by atoms with Crippen molar-refractivity contribution in [2.75, 3.05) is 13.1 Å². The normalized spacial score (nSPS) is 13.9. The van der Waals surface area contributed by atoms with Gasteiger partial charge in [-0.1, -0.05) is 36.4 Å². The van der Waals surface area contributed by atoms with E-state index in [0.717, 1.165) is 35.6 Å². The molecule has 0 bridgehead atoms. The summed E-state index contributed by atoms with van der Waals surface area (Å²) in [6.45, 7) is 2.68. The number of ether oxygens (including phenoxy) is 1. The van der Waals surface area contributed by atoms with Gasteiger partial charge in [0.1, 0.15) is 11.7 Å². The maximum Gasteiger partial charge on any atom is 0.128 e. The highest BCUT2D eigenvalue weighted by Crippen LogP contribution is 2.13. The predicted octanol–water partition coefficient (Wildman–Crippen LogP) is 2.89. The molecule has 0 saturated carbocycles. The Balaban J connectivity index is 1.64. The van der Waals surface area contributed by atoms with Gasteiger partial charge in [-0.2, -0.15) is 0 Å². The summed E-state index contributed by atoms with van der Waals surface area (Å²) in [5.41, 5.74) is 3.16. The fourth-order valence-corrected chi connectivity index (χ4v) is 2.31. The summed E-state index contributed by atoms with van der Waals surface area (Å²) in [6.07, 6.45) is 0. The third kappa shape index (κ3) is 3.47. The van der Waals surface area contributed by atoms with Crippen LogP contribution in [0.4, 0.5) is 4.39 Å². The molecule has 0 aromatic heterocycles. The molecule has 0 fully saturated rings. The van der Waals surface area contributed by atoms with Crippen molar-refractivity contribution in [1.82, 2.24) is 5.32 Å². The molecule has 1 aliphatic rings. The summed E-state index contributed by atoms with van der Waals surface area (Å²) in [5.74, 6) is 0.713. The molecule has 108 valence electrons. The third-order valence-electron chi connectivity index (χ3n) is 3.39. The van der Waals surface area contributed by atoms with E-state index in [1.165, 1.54) is 12.1 Å². The van der Waals surface area contributed by atoms with E-state index in [4.69, 9.17) is 4.74 Å². The average molecular weight is 284 g/mol. The molecule has 1 aliphatic heterocycles. The minimum absolute atomic E-state index is 0.227. The van der Waals surface area contributed by atoms with E-state index in [0.29, 0.717) is 13.2 Å². The van der Waals surface area contributed by atoms with Crippen molar-refractivity contribution in [3.63, 3.8) is 0 Å². The molecule has 3 rings (SSSR count). The minimum atomic E-state index is -0.227. The lowest BCUT2D eigenvalue weighted by Gasteiger charge is -2.10. The number of nitrogens with zero attached hydrogens (tertiary/aromatic N) is 1. The van der Waals surface area contributed by atoms with Crippen LogP contribution in [-0.2, 0) is 18.0 Å². The Morgan fingerprint density at radius 2 is 1.86 bits per heavy atom. The molecule has 0 unspecified atom stereocenters. The molecule has 0 atom stereocenters. The van der Waals surface area contributed by atoms with Gasteiger partial charge in [0, 0.05) is 12.1 Å². The van der Waals surface area contributed by atoms with Gasteiger partial charge in [0.05, 0.1) is 19.8 Å². The molecule has 2 aromatic rings. The molecule has 0 spiro atoms. The maximum absolute atomic E-state index is 12.8. The van der Waals surface area contributed by atoms with Gasteiger partial charge < -0.3 is 10.1 Å². The number of halogens is 1. The van der Waals surface area contributed by atoms with Gasteiger partial charge in [-0.25, -0.2) is 4.39 Å². The predicted molar refractivity (Wildman–Crippen MR) is 80.7 cm³/mol. The Labute approximate surface area is 123 Å². The number of hydrogen-bond donors (Lipinski definition) is 1. The fourth-order valence-electron chi connectivity index (χ4n) is 2.31. The molecule has 0 radical (unpaired) electrons. The van der Waals surface area contributed by atoms with Crippen LogP contribution in [0, 0.1) is 5.82 Å². The lowest BCUT2D eigenvalue weighted by Crippen LogP contribution is -2.21. The molecule has 0 saturated heterocycles. The van der Waals surface area contributed by atoms with Crippen molar-refractivity contribution in [2.45, 2.75) is 13.2 Å². The molecule has 4 heteroatoms. The third-order valence-corrected chi connectivity index (χ3v) is 3.39. The van der Waals surface area contributed by atoms with E-state index in [1.54, 1.807) is 12.1 Å². The van der Waals surface area contributed by atoms with Crippen LogP contribution < -0.4 is 5.32 Å². The first-order valence-electron chi connectivity index (χ1n) is 7.02. The van der Waals surface area contributed by atoms with Crippen molar-refractivity contribution in [2.24, 2.45) is 4.99 Å². The molecule has 1 heterocycles. The quantitative estimate of drug-likeness (QED) is 0.916. The van der Waals surface area contributed by atoms with Crippen LogP contribution in [0.2, 0.25) is 0 Å². The summed E-state index contributed by atoms with van der Waals surface area (Å²) in [4.78, 5) is 4.45. The molecule has 21 heavy (non-hydrogen) atoms. The Kier molecular flexibility index (Phi) is 4.26. The highest BCUT2D eigenvalue weighted by molar-refractivity contribution is 6.00. The first-order chi connectivity index (χ1) is 10.3. The number of amidine groups is 1. The van der Waals surface area contributed by atoms with Crippen LogP contribution in [0.25, 0.3) is 0 Å². The Morgan fingerprint density at radius 1 is 1.05 bits per heavy atom. The van der Waals surface area contributed by atoms with Crippen LogP contribution in [0.1, 0.15) is 16.7 Å². The lowest BCUT2D eigenvalue weighted by molar-refractivity contribution is 0.107. The number of benzene rings is 2. The second kappa shape index (κ2) is 6.50. The number of nitrogens with one attached hydrogen (secondary N) is 1. The van der Waals surface area contributed by atoms with Crippen molar-refractivity contribution < 1.29 is 9.13 Å². The van der Waals surface area contributed by atoms with Gasteiger partial charge >= 0.3 is 0 Å². The van der Waals surface area contributed by atoms with Crippen LogP contribution in [-0.4, -0.2) is 18.9 Å². The minimum Gasteiger partial charge on any atom is -0.372 e. The van der Waals surface area contributed by atoms with E-state index in [2.05, 4.69) is 10.3 Å². The summed E-state index contributed by atoms with van der Waals surface area (Å²) >= 11 is 0. The van der Waals surface area contributed by atoms with E-state index < -0.39 is 0 Å². The molecule has 0 aliphatic carbocycles. The molecular formula is C17H17FN2O. The SMILES string of the molecule is Fc1ccc(COCc2ccccc2C2=NCCN2)cc1. The van der Waals surface area contributed by atoms with Gasteiger partial charge in [0.15, 0.2) is 0 Å². The smallest absolute Gasteiger partial charge is 0.128 e. The van der Waals surface area contributed by atoms with Crippen LogP contribution in [0.15, 0.2) is 53.5 Å². The number of aliphatic imine (C=N–C) groups is 1. The monoisotopic (exact) mass is 284 g/mol. The van der Waals surface area contributed by atoms with Gasteiger partial charge in [-0.15, -0.1) is 0 Å². The van der Waals surface area contributed by atoms with E-state index in [-0.39, 0.29) is 5.82 Å². The van der Waals surface area contributed by atoms with Gasteiger partial charge in [0.25, 0.3) is 0 Å². The highest BCUT2D eigenvalue weighted by Gasteiger charge is 2.11. The zero-order chi connectivity index (χ0) is 14.5. The Morgan fingerprint density at radius 3 is 2.62 bits per heavy atom. The highest BCUT2D eigenvalue weighted by atomic mass is 19.1. The summed E-state index contributed by atoms with van der Waals surface area (Å²) < 4.78 is 18.6. The van der Waals surface area contributed by atoms with Gasteiger partial charge in [-0.05, 0) is 23.3 Å². The maximum atomic E-state index is 12.8. The zero-order valence-corrected chi connectivity index (χ0v) is 11.7. The summed E-state index contributed by atoms with van der Waals surface area (Å²) in [6, 6.07) is 14.5. The number of rotatable bonds is 5. The van der Waals surface area contributed by atoms with Crippen molar-refractivity contribution in [3.05, 3.63) is 71.0 Å². The van der Waals surface area contributed by atoms with Crippen LogP contribution >= 0.6 is 0 Å². The number of hydrogen-bond acceptors (Lipinski definition) is 3. The van der Waals surface area contributed by atoms with Crippen LogP contribution in [0.3, 0.4) is 0 Å². The van der Waals surface area contributed by atoms with Gasteiger partial charge in [-0.3, -0.25) is 4.99 Å². The molecular weight excluding hydrogens is 267 g/mol. The Bertz CT molecular complexity index is 637. The van der Waals surface area contributed by atoms with Crippen molar-refractivity contribution in [1.29, 1.82) is 0 Å². The second-order valence-electron chi connectivity index (χ2n) is 4.93. The topological polar surface area (TPSA) is 33.6 Å². The average Bonchev–Trinajstić information content (AvgIpc) is 3.04. The summed E-state index contributed by atoms with van der Waals surface area (Å²) in [5, 5.41) is 3.28. The van der Waals surface area contributed by atoms with Crippen LogP contribution in [0.5, 0.6) is 0 Å². The van der Waals surface area contributed by atoms with Gasteiger partial charge in [0.2, 0.25) is 0 Å². The second-order valence-corrected chi connectivity index (χ2v) is 4.93. The lowest BCUT2D eigenvalue weighted by atomic mass is 10.1. The summed E-state index contributed by atoms with van der Waals surface area (Å²) in [7, 11) is 0. The van der Waals surface area contributed by atoms with Crippen molar-refractivity contribution >= 4 is 5.84 Å². The first-order valence-corrected chi connectivity index (χ1v) is 7.02. The standard InChI is InChI=1S/C17H17FN2O/c18-15-7-5-13(6-8-15)11-21-12-14-3-1-2-4-16(14)17-19-9-10-20-17/h1-8H,9-12H2,(H,19,20). The fraction of sp³-hybridized carbons (Fsp3) is 0.235. The largest absolute Gasteiger partial charge is 0.372 e.